The summed E-state index contributed by atoms with van der Waals surface area (Å²) in [5.74, 6) is 1.84. The normalized spacial score (nSPS) is 30.9. The van der Waals surface area contributed by atoms with Crippen LogP contribution in [-0.2, 0) is 0 Å². The summed E-state index contributed by atoms with van der Waals surface area (Å²) in [7, 11) is 4.40. The molecular weight excluding hydrogens is 196 g/mol. The molecule has 0 aromatic carbocycles. The minimum absolute atomic E-state index is 0.752. The van der Waals surface area contributed by atoms with Gasteiger partial charge in [-0.05, 0) is 58.2 Å². The van der Waals surface area contributed by atoms with Gasteiger partial charge in [-0.2, -0.15) is 0 Å². The second-order valence-corrected chi connectivity index (χ2v) is 5.50. The van der Waals surface area contributed by atoms with Crippen LogP contribution in [0.1, 0.15) is 46.0 Å². The molecule has 0 aliphatic heterocycles. The Kier molecular flexibility index (Phi) is 6.37. The fraction of sp³-hybridized carbons (Fsp3) is 1.00. The highest BCUT2D eigenvalue weighted by atomic mass is 15.1. The molecule has 0 amide bonds. The van der Waals surface area contributed by atoms with Crippen molar-refractivity contribution in [3.8, 4) is 0 Å². The van der Waals surface area contributed by atoms with Crippen LogP contribution in [0.2, 0.25) is 0 Å². The van der Waals surface area contributed by atoms with Crippen LogP contribution < -0.4 is 5.32 Å². The van der Waals surface area contributed by atoms with Gasteiger partial charge in [-0.25, -0.2) is 0 Å². The monoisotopic (exact) mass is 226 g/mol. The molecule has 0 saturated heterocycles. The highest BCUT2D eigenvalue weighted by molar-refractivity contribution is 4.85. The lowest BCUT2D eigenvalue weighted by atomic mass is 9.76. The van der Waals surface area contributed by atoms with Gasteiger partial charge in [-0.1, -0.05) is 20.3 Å². The van der Waals surface area contributed by atoms with Gasteiger partial charge in [-0.15, -0.1) is 0 Å². The van der Waals surface area contributed by atoms with Gasteiger partial charge in [0.1, 0.15) is 0 Å². The van der Waals surface area contributed by atoms with Crippen molar-refractivity contribution >= 4 is 0 Å². The van der Waals surface area contributed by atoms with Gasteiger partial charge in [0.05, 0.1) is 0 Å². The summed E-state index contributed by atoms with van der Waals surface area (Å²) in [6.45, 7) is 7.12. The minimum atomic E-state index is 0.752. The number of hydrogen-bond acceptors (Lipinski definition) is 2. The third-order valence-electron chi connectivity index (χ3n) is 4.19. The van der Waals surface area contributed by atoms with Crippen LogP contribution in [-0.4, -0.2) is 38.1 Å². The molecule has 1 aliphatic rings. The van der Waals surface area contributed by atoms with E-state index in [4.69, 9.17) is 0 Å². The van der Waals surface area contributed by atoms with Gasteiger partial charge in [0.2, 0.25) is 0 Å². The predicted octanol–water partition coefficient (Wildman–Crippen LogP) is 2.74. The molecule has 2 nitrogen and oxygen atoms in total. The molecule has 3 unspecified atom stereocenters. The largest absolute Gasteiger partial charge is 0.317 e. The van der Waals surface area contributed by atoms with E-state index in [0.717, 1.165) is 17.9 Å². The lowest BCUT2D eigenvalue weighted by Crippen LogP contribution is -2.43. The second kappa shape index (κ2) is 7.29. The molecule has 0 spiro atoms. The molecule has 0 radical (unpaired) electrons. The summed E-state index contributed by atoms with van der Waals surface area (Å²) in [5.41, 5.74) is 0. The van der Waals surface area contributed by atoms with Crippen LogP contribution in [0.5, 0.6) is 0 Å². The molecule has 3 atom stereocenters. The van der Waals surface area contributed by atoms with E-state index in [2.05, 4.69) is 38.2 Å². The van der Waals surface area contributed by atoms with Crippen molar-refractivity contribution in [2.24, 2.45) is 11.8 Å². The van der Waals surface area contributed by atoms with Crippen molar-refractivity contribution in [2.75, 3.05) is 27.2 Å². The number of rotatable bonds is 6. The fourth-order valence-electron chi connectivity index (χ4n) is 3.19. The van der Waals surface area contributed by atoms with E-state index in [1.165, 1.54) is 45.2 Å². The van der Waals surface area contributed by atoms with E-state index >= 15 is 0 Å². The summed E-state index contributed by atoms with van der Waals surface area (Å²) >= 11 is 0. The van der Waals surface area contributed by atoms with Gasteiger partial charge in [-0.3, -0.25) is 0 Å². The summed E-state index contributed by atoms with van der Waals surface area (Å²) in [4.78, 5) is 2.51. The van der Waals surface area contributed by atoms with Gasteiger partial charge >= 0.3 is 0 Å². The molecular formula is C14H30N2. The first-order valence-corrected chi connectivity index (χ1v) is 7.07. The fourth-order valence-corrected chi connectivity index (χ4v) is 3.19. The maximum atomic E-state index is 3.52. The van der Waals surface area contributed by atoms with Crippen molar-refractivity contribution < 1.29 is 0 Å². The first-order valence-electron chi connectivity index (χ1n) is 7.07. The lowest BCUT2D eigenvalue weighted by molar-refractivity contribution is 0.156. The van der Waals surface area contributed by atoms with Crippen molar-refractivity contribution in [3.63, 3.8) is 0 Å². The average Bonchev–Trinajstić information content (AvgIpc) is 2.29. The smallest absolute Gasteiger partial charge is 0.0105 e. The summed E-state index contributed by atoms with van der Waals surface area (Å²) in [5, 5.41) is 3.52. The van der Waals surface area contributed by atoms with Crippen LogP contribution in [0.4, 0.5) is 0 Å². The number of hydrogen-bond donors (Lipinski definition) is 1. The average molecular weight is 226 g/mol. The van der Waals surface area contributed by atoms with Gasteiger partial charge in [0.25, 0.3) is 0 Å². The minimum Gasteiger partial charge on any atom is -0.317 e. The summed E-state index contributed by atoms with van der Waals surface area (Å²) in [6.07, 6.45) is 6.86. The SMILES string of the molecule is CCCN(C)CC1CC(CC)CCC1NC. The van der Waals surface area contributed by atoms with Gasteiger partial charge in [0, 0.05) is 12.6 Å². The predicted molar refractivity (Wildman–Crippen MR) is 71.8 cm³/mol. The van der Waals surface area contributed by atoms with Crippen LogP contribution in [0, 0.1) is 11.8 Å². The zero-order valence-electron chi connectivity index (χ0n) is 11.6. The van der Waals surface area contributed by atoms with Crippen molar-refractivity contribution in [1.82, 2.24) is 10.2 Å². The molecule has 0 aromatic heterocycles. The Morgan fingerprint density at radius 1 is 1.25 bits per heavy atom. The molecule has 1 rings (SSSR count). The summed E-state index contributed by atoms with van der Waals surface area (Å²) in [6, 6.07) is 0.752. The van der Waals surface area contributed by atoms with Crippen LogP contribution in [0.15, 0.2) is 0 Å². The van der Waals surface area contributed by atoms with Crippen molar-refractivity contribution in [3.05, 3.63) is 0 Å². The number of nitrogens with zero attached hydrogens (tertiary/aromatic N) is 1. The molecule has 1 fully saturated rings. The maximum absolute atomic E-state index is 3.52. The lowest BCUT2D eigenvalue weighted by Gasteiger charge is -2.37. The molecule has 0 aromatic rings. The van der Waals surface area contributed by atoms with Crippen molar-refractivity contribution in [2.45, 2.75) is 52.0 Å². The first-order chi connectivity index (χ1) is 7.71. The Bertz CT molecular complexity index is 182. The van der Waals surface area contributed by atoms with E-state index in [1.807, 2.05) is 0 Å². The van der Waals surface area contributed by atoms with Crippen molar-refractivity contribution in [1.29, 1.82) is 0 Å². The van der Waals surface area contributed by atoms with Gasteiger partial charge in [0.15, 0.2) is 0 Å². The van der Waals surface area contributed by atoms with Crippen LogP contribution >= 0.6 is 0 Å². The zero-order chi connectivity index (χ0) is 12.0. The van der Waals surface area contributed by atoms with E-state index in [9.17, 15) is 0 Å². The Morgan fingerprint density at radius 3 is 2.56 bits per heavy atom. The molecule has 0 bridgehead atoms. The van der Waals surface area contributed by atoms with E-state index in [-0.39, 0.29) is 0 Å². The van der Waals surface area contributed by atoms with E-state index < -0.39 is 0 Å². The quantitative estimate of drug-likeness (QED) is 0.749. The molecule has 1 saturated carbocycles. The number of nitrogens with one attached hydrogen (secondary N) is 1. The molecule has 0 heterocycles. The molecule has 16 heavy (non-hydrogen) atoms. The standard InChI is InChI=1S/C14H30N2/c1-5-9-16(4)11-13-10-12(6-2)7-8-14(13)15-3/h12-15H,5-11H2,1-4H3. The van der Waals surface area contributed by atoms with Gasteiger partial charge < -0.3 is 10.2 Å². The molecule has 1 aliphatic carbocycles. The Balaban J connectivity index is 2.44. The van der Waals surface area contributed by atoms with E-state index in [0.29, 0.717) is 0 Å². The molecule has 2 heteroatoms. The topological polar surface area (TPSA) is 15.3 Å². The molecule has 96 valence electrons. The van der Waals surface area contributed by atoms with Crippen LogP contribution in [0.3, 0.4) is 0 Å². The highest BCUT2D eigenvalue weighted by Crippen LogP contribution is 2.31. The zero-order valence-corrected chi connectivity index (χ0v) is 11.6. The summed E-state index contributed by atoms with van der Waals surface area (Å²) < 4.78 is 0. The van der Waals surface area contributed by atoms with E-state index in [1.54, 1.807) is 0 Å². The Labute approximate surface area is 102 Å². The third kappa shape index (κ3) is 4.06. The van der Waals surface area contributed by atoms with Crippen LogP contribution in [0.25, 0.3) is 0 Å². The third-order valence-corrected chi connectivity index (χ3v) is 4.19. The second-order valence-electron chi connectivity index (χ2n) is 5.50. The highest BCUT2D eigenvalue weighted by Gasteiger charge is 2.29. The Hall–Kier alpha value is -0.0800. The maximum Gasteiger partial charge on any atom is 0.0105 e. The molecule has 1 N–H and O–H groups in total. The first kappa shape index (κ1) is 14.0. The Morgan fingerprint density at radius 2 is 2.00 bits per heavy atom.